The maximum Gasteiger partial charge on any atom is 0.0456 e. The van der Waals surface area contributed by atoms with E-state index < -0.39 is 0 Å². The Morgan fingerprint density at radius 2 is 1.94 bits per heavy atom. The number of hydrogen-bond acceptors (Lipinski definition) is 2. The van der Waals surface area contributed by atoms with Crippen LogP contribution in [-0.2, 0) is 0 Å². The van der Waals surface area contributed by atoms with Gasteiger partial charge in [0.25, 0.3) is 0 Å². The van der Waals surface area contributed by atoms with Crippen LogP contribution in [0.3, 0.4) is 0 Å². The van der Waals surface area contributed by atoms with Gasteiger partial charge in [-0.15, -0.1) is 0 Å². The molecule has 2 N–H and O–H groups in total. The maximum absolute atomic E-state index is 8.96. The van der Waals surface area contributed by atoms with Crippen LogP contribution in [0.25, 0.3) is 0 Å². The Kier molecular flexibility index (Phi) is 7.33. The lowest BCUT2D eigenvalue weighted by molar-refractivity contribution is 0.227. The summed E-state index contributed by atoms with van der Waals surface area (Å²) < 4.78 is 0. The van der Waals surface area contributed by atoms with Gasteiger partial charge in [-0.2, -0.15) is 0 Å². The third-order valence-corrected chi connectivity index (χ3v) is 3.51. The molecule has 2 atom stereocenters. The SMILES string of the molecule is CCC(NCCCC(C)CO)c1ccc(Cl)cc1. The Morgan fingerprint density at radius 1 is 1.28 bits per heavy atom. The highest BCUT2D eigenvalue weighted by Gasteiger charge is 2.08. The van der Waals surface area contributed by atoms with Crippen molar-refractivity contribution in [1.29, 1.82) is 0 Å². The molecule has 0 aromatic heterocycles. The average Bonchev–Trinajstić information content (AvgIpc) is 2.40. The second-order valence-corrected chi connectivity index (χ2v) is 5.33. The zero-order valence-corrected chi connectivity index (χ0v) is 12.1. The van der Waals surface area contributed by atoms with E-state index >= 15 is 0 Å². The summed E-state index contributed by atoms with van der Waals surface area (Å²) in [7, 11) is 0. The lowest BCUT2D eigenvalue weighted by Crippen LogP contribution is -2.22. The first-order valence-electron chi connectivity index (χ1n) is 6.77. The molecule has 0 saturated heterocycles. The largest absolute Gasteiger partial charge is 0.396 e. The molecule has 0 bridgehead atoms. The molecular weight excluding hydrogens is 246 g/mol. The summed E-state index contributed by atoms with van der Waals surface area (Å²) in [5.41, 5.74) is 1.29. The molecule has 1 rings (SSSR count). The fourth-order valence-electron chi connectivity index (χ4n) is 2.01. The maximum atomic E-state index is 8.96. The number of aliphatic hydroxyl groups is 1. The van der Waals surface area contributed by atoms with Crippen molar-refractivity contribution in [2.45, 2.75) is 39.2 Å². The first kappa shape index (κ1) is 15.5. The molecule has 0 saturated carbocycles. The molecule has 1 aromatic rings. The third kappa shape index (κ3) is 5.38. The molecule has 1 aromatic carbocycles. The van der Waals surface area contributed by atoms with Crippen LogP contribution in [0.2, 0.25) is 5.02 Å². The van der Waals surface area contributed by atoms with Crippen molar-refractivity contribution in [3.8, 4) is 0 Å². The Balaban J connectivity index is 2.36. The van der Waals surface area contributed by atoms with E-state index in [0.717, 1.165) is 30.8 Å². The second-order valence-electron chi connectivity index (χ2n) is 4.90. The second kappa shape index (κ2) is 8.52. The number of aliphatic hydroxyl groups excluding tert-OH is 1. The van der Waals surface area contributed by atoms with Gasteiger partial charge < -0.3 is 10.4 Å². The zero-order chi connectivity index (χ0) is 13.4. The van der Waals surface area contributed by atoms with Crippen LogP contribution in [0, 0.1) is 5.92 Å². The molecule has 0 aliphatic rings. The van der Waals surface area contributed by atoms with Gasteiger partial charge in [-0.25, -0.2) is 0 Å². The quantitative estimate of drug-likeness (QED) is 0.704. The van der Waals surface area contributed by atoms with Gasteiger partial charge in [0.15, 0.2) is 0 Å². The van der Waals surface area contributed by atoms with Gasteiger partial charge in [0, 0.05) is 17.7 Å². The summed E-state index contributed by atoms with van der Waals surface area (Å²) >= 11 is 5.89. The molecule has 18 heavy (non-hydrogen) atoms. The minimum absolute atomic E-state index is 0.286. The van der Waals surface area contributed by atoms with Crippen LogP contribution in [0.1, 0.15) is 44.7 Å². The summed E-state index contributed by atoms with van der Waals surface area (Å²) in [6, 6.07) is 8.44. The van der Waals surface area contributed by atoms with Crippen LogP contribution in [0.4, 0.5) is 0 Å². The molecule has 0 aliphatic carbocycles. The molecule has 0 radical (unpaired) electrons. The predicted molar refractivity (Wildman–Crippen MR) is 78.0 cm³/mol. The molecule has 3 heteroatoms. The average molecular weight is 270 g/mol. The van der Waals surface area contributed by atoms with E-state index in [0.29, 0.717) is 12.0 Å². The van der Waals surface area contributed by atoms with E-state index in [2.05, 4.69) is 31.3 Å². The van der Waals surface area contributed by atoms with Crippen molar-refractivity contribution < 1.29 is 5.11 Å². The van der Waals surface area contributed by atoms with Crippen LogP contribution < -0.4 is 5.32 Å². The van der Waals surface area contributed by atoms with Crippen LogP contribution in [0.5, 0.6) is 0 Å². The Bertz CT molecular complexity index is 326. The standard InChI is InChI=1S/C15H24ClNO/c1-3-15(13-6-8-14(16)9-7-13)17-10-4-5-12(2)11-18/h6-9,12,15,17-18H,3-5,10-11H2,1-2H3. The number of nitrogens with one attached hydrogen (secondary N) is 1. The van der Waals surface area contributed by atoms with Gasteiger partial charge in [0.1, 0.15) is 0 Å². The lowest BCUT2D eigenvalue weighted by atomic mass is 10.0. The molecule has 2 nitrogen and oxygen atoms in total. The molecule has 102 valence electrons. The first-order valence-corrected chi connectivity index (χ1v) is 7.14. The summed E-state index contributed by atoms with van der Waals surface area (Å²) in [4.78, 5) is 0. The topological polar surface area (TPSA) is 32.3 Å². The molecule has 0 spiro atoms. The van der Waals surface area contributed by atoms with Gasteiger partial charge in [0.05, 0.1) is 0 Å². The Labute approximate surface area is 115 Å². The molecule has 2 unspecified atom stereocenters. The number of hydrogen-bond donors (Lipinski definition) is 2. The van der Waals surface area contributed by atoms with Crippen molar-refractivity contribution in [3.63, 3.8) is 0 Å². The number of halogens is 1. The van der Waals surface area contributed by atoms with Crippen molar-refractivity contribution >= 4 is 11.6 Å². The summed E-state index contributed by atoms with van der Waals surface area (Å²) in [5.74, 6) is 0.405. The lowest BCUT2D eigenvalue weighted by Gasteiger charge is -2.18. The van der Waals surface area contributed by atoms with Gasteiger partial charge in [-0.1, -0.05) is 37.6 Å². The van der Waals surface area contributed by atoms with Crippen molar-refractivity contribution in [3.05, 3.63) is 34.9 Å². The fraction of sp³-hybridized carbons (Fsp3) is 0.600. The van der Waals surface area contributed by atoms with Crippen LogP contribution in [-0.4, -0.2) is 18.3 Å². The molecule has 0 amide bonds. The first-order chi connectivity index (χ1) is 8.67. The normalized spacial score (nSPS) is 14.4. The van der Waals surface area contributed by atoms with E-state index in [1.54, 1.807) is 0 Å². The van der Waals surface area contributed by atoms with E-state index in [1.165, 1.54) is 5.56 Å². The zero-order valence-electron chi connectivity index (χ0n) is 11.3. The van der Waals surface area contributed by atoms with Crippen molar-refractivity contribution in [2.75, 3.05) is 13.2 Å². The summed E-state index contributed by atoms with van der Waals surface area (Å²) in [6.07, 6.45) is 3.24. The molecule has 0 aliphatic heterocycles. The van der Waals surface area contributed by atoms with E-state index in [1.807, 2.05) is 12.1 Å². The van der Waals surface area contributed by atoms with E-state index in [9.17, 15) is 0 Å². The van der Waals surface area contributed by atoms with E-state index in [-0.39, 0.29) is 6.61 Å². The highest BCUT2D eigenvalue weighted by atomic mass is 35.5. The summed E-state index contributed by atoms with van der Waals surface area (Å²) in [5, 5.41) is 13.3. The number of benzene rings is 1. The van der Waals surface area contributed by atoms with Gasteiger partial charge in [-0.05, 0) is 49.4 Å². The predicted octanol–water partition coefficient (Wildman–Crippen LogP) is 3.79. The summed E-state index contributed by atoms with van der Waals surface area (Å²) in [6.45, 7) is 5.54. The van der Waals surface area contributed by atoms with Crippen molar-refractivity contribution in [2.24, 2.45) is 5.92 Å². The van der Waals surface area contributed by atoms with Crippen LogP contribution >= 0.6 is 11.6 Å². The minimum atomic E-state index is 0.286. The monoisotopic (exact) mass is 269 g/mol. The van der Waals surface area contributed by atoms with E-state index in [4.69, 9.17) is 16.7 Å². The molecule has 0 fully saturated rings. The Morgan fingerprint density at radius 3 is 2.50 bits per heavy atom. The highest BCUT2D eigenvalue weighted by molar-refractivity contribution is 6.30. The third-order valence-electron chi connectivity index (χ3n) is 3.26. The smallest absolute Gasteiger partial charge is 0.0456 e. The molecular formula is C15H24ClNO. The number of rotatable bonds is 8. The van der Waals surface area contributed by atoms with Gasteiger partial charge in [0.2, 0.25) is 0 Å². The van der Waals surface area contributed by atoms with Gasteiger partial charge in [-0.3, -0.25) is 0 Å². The van der Waals surface area contributed by atoms with Crippen molar-refractivity contribution in [1.82, 2.24) is 5.32 Å². The molecule has 0 heterocycles. The highest BCUT2D eigenvalue weighted by Crippen LogP contribution is 2.19. The fourth-order valence-corrected chi connectivity index (χ4v) is 2.14. The minimum Gasteiger partial charge on any atom is -0.396 e. The van der Waals surface area contributed by atoms with Gasteiger partial charge >= 0.3 is 0 Å². The Hall–Kier alpha value is -0.570. The van der Waals surface area contributed by atoms with Crippen LogP contribution in [0.15, 0.2) is 24.3 Å².